The average molecular weight is 168 g/mol. The van der Waals surface area contributed by atoms with Gasteiger partial charge in [0.1, 0.15) is 0 Å². The highest BCUT2D eigenvalue weighted by Gasteiger charge is 2.60. The van der Waals surface area contributed by atoms with E-state index in [9.17, 15) is 4.79 Å². The van der Waals surface area contributed by atoms with Gasteiger partial charge in [0.2, 0.25) is 0 Å². The number of methoxy groups -OCH3 is 1. The Morgan fingerprint density at radius 3 is 2.42 bits per heavy atom. The predicted octanol–water partition coefficient (Wildman–Crippen LogP) is 1.84. The van der Waals surface area contributed by atoms with Gasteiger partial charge in [-0.2, -0.15) is 0 Å². The Morgan fingerprint density at radius 2 is 2.08 bits per heavy atom. The van der Waals surface area contributed by atoms with Gasteiger partial charge in [0, 0.05) is 0 Å². The lowest BCUT2D eigenvalue weighted by Gasteiger charge is -2.44. The number of rotatable bonds is 1. The van der Waals surface area contributed by atoms with Gasteiger partial charge in [0.25, 0.3) is 0 Å². The molecule has 2 nitrogen and oxygen atoms in total. The van der Waals surface area contributed by atoms with Crippen LogP contribution in [-0.4, -0.2) is 13.1 Å². The van der Waals surface area contributed by atoms with Gasteiger partial charge < -0.3 is 4.74 Å². The lowest BCUT2D eigenvalue weighted by atomic mass is 9.60. The van der Waals surface area contributed by atoms with Crippen molar-refractivity contribution in [2.24, 2.45) is 23.2 Å². The molecule has 2 heteroatoms. The number of carbonyl (C=O) groups excluding carboxylic acids is 1. The zero-order chi connectivity index (χ0) is 8.93. The molecular formula is C10H16O2. The Morgan fingerprint density at radius 1 is 1.42 bits per heavy atom. The summed E-state index contributed by atoms with van der Waals surface area (Å²) in [5, 5.41) is 0. The summed E-state index contributed by atoms with van der Waals surface area (Å²) in [7, 11) is 1.49. The molecule has 0 amide bonds. The second-order valence-corrected chi connectivity index (χ2v) is 4.73. The largest absolute Gasteiger partial charge is 0.469 e. The standard InChI is InChI=1S/C10H16O2/c1-10(2)6-4-7(8(10)5-6)9(11)12-3/h6-8H,4-5H2,1-3H3/t6-,7-,8+/m1/s1. The molecule has 0 aromatic rings. The molecular weight excluding hydrogens is 152 g/mol. The molecule has 3 rings (SSSR count). The third-order valence-corrected chi connectivity index (χ3v) is 4.07. The first-order valence-corrected chi connectivity index (χ1v) is 4.65. The molecule has 3 saturated carbocycles. The Hall–Kier alpha value is -0.530. The highest BCUT2D eigenvalue weighted by atomic mass is 16.5. The van der Waals surface area contributed by atoms with Crippen LogP contribution in [0.2, 0.25) is 0 Å². The molecule has 3 atom stereocenters. The first kappa shape index (κ1) is 8.09. The quantitative estimate of drug-likeness (QED) is 0.558. The summed E-state index contributed by atoms with van der Waals surface area (Å²) in [6, 6.07) is 0. The maximum atomic E-state index is 11.3. The Balaban J connectivity index is 2.11. The third kappa shape index (κ3) is 0.782. The summed E-state index contributed by atoms with van der Waals surface area (Å²) in [5.41, 5.74) is 0.402. The van der Waals surface area contributed by atoms with Crippen LogP contribution in [-0.2, 0) is 9.53 Å². The summed E-state index contributed by atoms with van der Waals surface area (Å²) in [6.45, 7) is 4.55. The zero-order valence-corrected chi connectivity index (χ0v) is 7.96. The van der Waals surface area contributed by atoms with Crippen molar-refractivity contribution < 1.29 is 9.53 Å². The van der Waals surface area contributed by atoms with Crippen molar-refractivity contribution in [2.75, 3.05) is 7.11 Å². The molecule has 0 spiro atoms. The van der Waals surface area contributed by atoms with E-state index in [0.29, 0.717) is 11.3 Å². The molecule has 3 aliphatic rings. The fourth-order valence-electron chi connectivity index (χ4n) is 3.02. The molecule has 0 saturated heterocycles. The SMILES string of the molecule is COC(=O)[C@@H]1C[C@@H]2C[C@@H]1C2(C)C. The van der Waals surface area contributed by atoms with Gasteiger partial charge in [0.05, 0.1) is 13.0 Å². The van der Waals surface area contributed by atoms with E-state index in [4.69, 9.17) is 4.74 Å². The monoisotopic (exact) mass is 168 g/mol. The fraction of sp³-hybridized carbons (Fsp3) is 0.900. The van der Waals surface area contributed by atoms with E-state index in [1.807, 2.05) is 0 Å². The lowest BCUT2D eigenvalue weighted by molar-refractivity contribution is -0.147. The van der Waals surface area contributed by atoms with Crippen LogP contribution < -0.4 is 0 Å². The van der Waals surface area contributed by atoms with Crippen LogP contribution in [0, 0.1) is 23.2 Å². The molecule has 0 radical (unpaired) electrons. The molecule has 0 aromatic heterocycles. The minimum Gasteiger partial charge on any atom is -0.469 e. The van der Waals surface area contributed by atoms with Crippen LogP contribution >= 0.6 is 0 Å². The highest BCUT2D eigenvalue weighted by Crippen LogP contribution is 2.64. The summed E-state index contributed by atoms with van der Waals surface area (Å²) in [4.78, 5) is 11.3. The first-order chi connectivity index (χ1) is 5.57. The Kier molecular flexibility index (Phi) is 1.51. The topological polar surface area (TPSA) is 26.3 Å². The van der Waals surface area contributed by atoms with E-state index < -0.39 is 0 Å². The van der Waals surface area contributed by atoms with Crippen molar-refractivity contribution in [3.05, 3.63) is 0 Å². The third-order valence-electron chi connectivity index (χ3n) is 4.07. The summed E-state index contributed by atoms with van der Waals surface area (Å²) < 4.78 is 4.79. The molecule has 0 aliphatic heterocycles. The van der Waals surface area contributed by atoms with Gasteiger partial charge in [-0.3, -0.25) is 4.79 Å². The van der Waals surface area contributed by atoms with Crippen LogP contribution in [0.5, 0.6) is 0 Å². The molecule has 2 bridgehead atoms. The number of esters is 1. The molecule has 12 heavy (non-hydrogen) atoms. The maximum absolute atomic E-state index is 11.3. The van der Waals surface area contributed by atoms with E-state index in [2.05, 4.69) is 13.8 Å². The molecule has 68 valence electrons. The zero-order valence-electron chi connectivity index (χ0n) is 7.96. The summed E-state index contributed by atoms with van der Waals surface area (Å²) in [6.07, 6.45) is 2.30. The first-order valence-electron chi connectivity index (χ1n) is 4.65. The molecule has 3 fully saturated rings. The van der Waals surface area contributed by atoms with Gasteiger partial charge >= 0.3 is 5.97 Å². The van der Waals surface area contributed by atoms with Gasteiger partial charge in [-0.05, 0) is 30.1 Å². The Labute approximate surface area is 73.3 Å². The van der Waals surface area contributed by atoms with E-state index in [-0.39, 0.29) is 11.9 Å². The van der Waals surface area contributed by atoms with Crippen LogP contribution in [0.25, 0.3) is 0 Å². The molecule has 0 N–H and O–H groups in total. The number of hydrogen-bond acceptors (Lipinski definition) is 2. The van der Waals surface area contributed by atoms with Crippen molar-refractivity contribution in [3.8, 4) is 0 Å². The van der Waals surface area contributed by atoms with Gasteiger partial charge in [0.15, 0.2) is 0 Å². The molecule has 0 unspecified atom stereocenters. The number of ether oxygens (including phenoxy) is 1. The van der Waals surface area contributed by atoms with Gasteiger partial charge in [-0.1, -0.05) is 13.8 Å². The normalized spacial score (nSPS) is 42.1. The van der Waals surface area contributed by atoms with Crippen LogP contribution in [0.4, 0.5) is 0 Å². The van der Waals surface area contributed by atoms with Crippen molar-refractivity contribution >= 4 is 5.97 Å². The number of fused-ring (bicyclic) bond motifs is 1. The van der Waals surface area contributed by atoms with E-state index in [0.717, 1.165) is 12.3 Å². The van der Waals surface area contributed by atoms with Gasteiger partial charge in [-0.15, -0.1) is 0 Å². The second kappa shape index (κ2) is 2.24. The van der Waals surface area contributed by atoms with Crippen LogP contribution in [0.15, 0.2) is 0 Å². The fourth-order valence-corrected chi connectivity index (χ4v) is 3.02. The van der Waals surface area contributed by atoms with Crippen molar-refractivity contribution in [1.82, 2.24) is 0 Å². The van der Waals surface area contributed by atoms with Crippen molar-refractivity contribution in [1.29, 1.82) is 0 Å². The maximum Gasteiger partial charge on any atom is 0.308 e. The molecule has 3 aliphatic carbocycles. The van der Waals surface area contributed by atoms with E-state index in [1.54, 1.807) is 0 Å². The van der Waals surface area contributed by atoms with E-state index in [1.165, 1.54) is 13.5 Å². The highest BCUT2D eigenvalue weighted by molar-refractivity contribution is 5.74. The smallest absolute Gasteiger partial charge is 0.308 e. The van der Waals surface area contributed by atoms with E-state index >= 15 is 0 Å². The van der Waals surface area contributed by atoms with Crippen molar-refractivity contribution in [3.63, 3.8) is 0 Å². The lowest BCUT2D eigenvalue weighted by Crippen LogP contribution is -2.39. The summed E-state index contributed by atoms with van der Waals surface area (Å²) in [5.74, 6) is 1.57. The van der Waals surface area contributed by atoms with Gasteiger partial charge in [-0.25, -0.2) is 0 Å². The van der Waals surface area contributed by atoms with Crippen molar-refractivity contribution in [2.45, 2.75) is 26.7 Å². The molecule has 0 heterocycles. The number of hydrogen-bond donors (Lipinski definition) is 0. The van der Waals surface area contributed by atoms with Crippen LogP contribution in [0.3, 0.4) is 0 Å². The summed E-state index contributed by atoms with van der Waals surface area (Å²) >= 11 is 0. The number of carbonyl (C=O) groups is 1. The minimum absolute atomic E-state index is 0.00748. The average Bonchev–Trinajstić information content (AvgIpc) is 2.58. The Bertz CT molecular complexity index is 220. The predicted molar refractivity (Wildman–Crippen MR) is 45.5 cm³/mol. The van der Waals surface area contributed by atoms with Crippen LogP contribution in [0.1, 0.15) is 26.7 Å². The second-order valence-electron chi connectivity index (χ2n) is 4.73. The minimum atomic E-state index is 0.00748. The molecule has 0 aromatic carbocycles.